The Morgan fingerprint density at radius 1 is 1.00 bits per heavy atom. The molecule has 176 valence electrons. The van der Waals surface area contributed by atoms with E-state index in [1.807, 2.05) is 20.8 Å². The molecule has 2 fully saturated rings. The first-order valence-electron chi connectivity index (χ1n) is 12.2. The normalized spacial score (nSPS) is 28.0. The molecule has 1 aliphatic carbocycles. The zero-order valence-corrected chi connectivity index (χ0v) is 21.3. The van der Waals surface area contributed by atoms with Crippen molar-refractivity contribution in [2.75, 3.05) is 23.7 Å². The molecule has 0 amide bonds. The van der Waals surface area contributed by atoms with Crippen molar-refractivity contribution < 1.29 is 13.2 Å². The monoisotopic (exact) mass is 449 g/mol. The molecule has 1 aromatic carbocycles. The summed E-state index contributed by atoms with van der Waals surface area (Å²) < 4.78 is 30.3. The van der Waals surface area contributed by atoms with Gasteiger partial charge in [0.25, 0.3) is 0 Å². The van der Waals surface area contributed by atoms with Crippen LogP contribution in [0.15, 0.2) is 18.2 Å². The summed E-state index contributed by atoms with van der Waals surface area (Å²) >= 11 is 0. The highest BCUT2D eigenvalue weighted by atomic mass is 32.2. The minimum Gasteiger partial charge on any atom is -0.372 e. The van der Waals surface area contributed by atoms with E-state index in [0.717, 1.165) is 38.3 Å². The number of ether oxygens (including phenoxy) is 1. The van der Waals surface area contributed by atoms with Crippen molar-refractivity contribution in [3.05, 3.63) is 29.3 Å². The SMILES string of the molecule is Cc1cc(N2C[C@@H](C)O[C@@H](C)C2)ccc1CCC1CCC(CS(=O)(=O)C(C)(C)C)CC1. The van der Waals surface area contributed by atoms with E-state index in [0.29, 0.717) is 11.7 Å². The lowest BCUT2D eigenvalue weighted by Crippen LogP contribution is -2.45. The number of sulfone groups is 1. The first kappa shape index (κ1) is 24.6. The van der Waals surface area contributed by atoms with Crippen molar-refractivity contribution in [3.8, 4) is 0 Å². The van der Waals surface area contributed by atoms with E-state index in [4.69, 9.17) is 4.74 Å². The van der Waals surface area contributed by atoms with Crippen LogP contribution in [0.1, 0.15) is 77.8 Å². The van der Waals surface area contributed by atoms with E-state index in [1.54, 1.807) is 0 Å². The Morgan fingerprint density at radius 3 is 2.13 bits per heavy atom. The Bertz CT molecular complexity index is 825. The fourth-order valence-electron chi connectivity index (χ4n) is 5.15. The maximum Gasteiger partial charge on any atom is 0.155 e. The van der Waals surface area contributed by atoms with E-state index in [2.05, 4.69) is 43.9 Å². The van der Waals surface area contributed by atoms with Crippen molar-refractivity contribution in [1.82, 2.24) is 0 Å². The molecule has 1 saturated heterocycles. The fraction of sp³-hybridized carbons (Fsp3) is 0.769. The van der Waals surface area contributed by atoms with Gasteiger partial charge in [0.15, 0.2) is 9.84 Å². The summed E-state index contributed by atoms with van der Waals surface area (Å²) in [5, 5.41) is 0. The maximum absolute atomic E-state index is 12.5. The van der Waals surface area contributed by atoms with Gasteiger partial charge in [-0.2, -0.15) is 0 Å². The highest BCUT2D eigenvalue weighted by Crippen LogP contribution is 2.34. The minimum atomic E-state index is -3.01. The van der Waals surface area contributed by atoms with Crippen molar-refractivity contribution in [2.24, 2.45) is 11.8 Å². The average Bonchev–Trinajstić information content (AvgIpc) is 2.66. The number of morpholine rings is 1. The van der Waals surface area contributed by atoms with Crippen LogP contribution in [0.25, 0.3) is 0 Å². The van der Waals surface area contributed by atoms with E-state index >= 15 is 0 Å². The number of hydrogen-bond acceptors (Lipinski definition) is 4. The van der Waals surface area contributed by atoms with Gasteiger partial charge in [-0.05, 0) is 102 Å². The molecule has 1 heterocycles. The zero-order valence-electron chi connectivity index (χ0n) is 20.5. The molecule has 1 aliphatic heterocycles. The summed E-state index contributed by atoms with van der Waals surface area (Å²) in [6.45, 7) is 13.9. The van der Waals surface area contributed by atoms with Crippen molar-refractivity contribution in [1.29, 1.82) is 0 Å². The number of benzene rings is 1. The van der Waals surface area contributed by atoms with Crippen LogP contribution >= 0.6 is 0 Å². The molecule has 2 atom stereocenters. The van der Waals surface area contributed by atoms with E-state index in [1.165, 1.54) is 36.1 Å². The molecule has 2 aliphatic rings. The summed E-state index contributed by atoms with van der Waals surface area (Å²) in [6, 6.07) is 6.94. The molecular weight excluding hydrogens is 406 g/mol. The molecule has 31 heavy (non-hydrogen) atoms. The third kappa shape index (κ3) is 6.47. The second kappa shape index (κ2) is 9.82. The molecule has 0 spiro atoms. The highest BCUT2D eigenvalue weighted by molar-refractivity contribution is 7.92. The topological polar surface area (TPSA) is 46.6 Å². The Kier molecular flexibility index (Phi) is 7.79. The number of hydrogen-bond donors (Lipinski definition) is 0. The van der Waals surface area contributed by atoms with Crippen molar-refractivity contribution >= 4 is 15.5 Å². The molecule has 1 aromatic rings. The Labute approximate surface area is 190 Å². The third-order valence-corrected chi connectivity index (χ3v) is 10.1. The first-order chi connectivity index (χ1) is 14.4. The van der Waals surface area contributed by atoms with Gasteiger partial charge in [0.05, 0.1) is 22.7 Å². The van der Waals surface area contributed by atoms with Gasteiger partial charge in [-0.1, -0.05) is 18.9 Å². The van der Waals surface area contributed by atoms with Gasteiger partial charge >= 0.3 is 0 Å². The second-order valence-corrected chi connectivity index (χ2v) is 13.9. The predicted octanol–water partition coefficient (Wildman–Crippen LogP) is 5.56. The van der Waals surface area contributed by atoms with Gasteiger partial charge in [-0.25, -0.2) is 8.42 Å². The van der Waals surface area contributed by atoms with Crippen molar-refractivity contribution in [2.45, 2.75) is 97.0 Å². The van der Waals surface area contributed by atoms with Crippen LogP contribution in [0, 0.1) is 18.8 Å². The van der Waals surface area contributed by atoms with Crippen molar-refractivity contribution in [3.63, 3.8) is 0 Å². The van der Waals surface area contributed by atoms with Crippen LogP contribution in [0.2, 0.25) is 0 Å². The van der Waals surface area contributed by atoms with Gasteiger partial charge in [-0.15, -0.1) is 0 Å². The van der Waals surface area contributed by atoms with E-state index < -0.39 is 14.6 Å². The lowest BCUT2D eigenvalue weighted by atomic mass is 9.80. The molecule has 1 saturated carbocycles. The average molecular weight is 450 g/mol. The second-order valence-electron chi connectivity index (χ2n) is 11.1. The summed E-state index contributed by atoms with van der Waals surface area (Å²) in [5.41, 5.74) is 4.15. The third-order valence-electron chi connectivity index (χ3n) is 7.29. The van der Waals surface area contributed by atoms with Gasteiger partial charge in [0, 0.05) is 18.8 Å². The molecule has 0 N–H and O–H groups in total. The molecule has 3 rings (SSSR count). The molecule has 0 unspecified atom stereocenters. The summed E-state index contributed by atoms with van der Waals surface area (Å²) in [5.74, 6) is 1.44. The lowest BCUT2D eigenvalue weighted by Gasteiger charge is -2.37. The van der Waals surface area contributed by atoms with E-state index in [9.17, 15) is 8.42 Å². The van der Waals surface area contributed by atoms with Crippen LogP contribution in [0.4, 0.5) is 5.69 Å². The van der Waals surface area contributed by atoms with Gasteiger partial charge < -0.3 is 9.64 Å². The number of anilines is 1. The van der Waals surface area contributed by atoms with Gasteiger partial charge in [-0.3, -0.25) is 0 Å². The molecule has 4 nitrogen and oxygen atoms in total. The zero-order chi connectivity index (χ0) is 22.8. The summed E-state index contributed by atoms with van der Waals surface area (Å²) in [6.07, 6.45) is 7.35. The fourth-order valence-corrected chi connectivity index (χ4v) is 6.61. The molecule has 0 radical (unpaired) electrons. The van der Waals surface area contributed by atoms with Crippen LogP contribution in [-0.4, -0.2) is 44.2 Å². The Hall–Kier alpha value is -1.07. The Balaban J connectivity index is 1.49. The smallest absolute Gasteiger partial charge is 0.155 e. The Morgan fingerprint density at radius 2 is 1.58 bits per heavy atom. The van der Waals surface area contributed by atoms with Crippen LogP contribution in [0.5, 0.6) is 0 Å². The molecular formula is C26H43NO3S. The number of aryl methyl sites for hydroxylation is 2. The van der Waals surface area contributed by atoms with Crippen LogP contribution < -0.4 is 4.90 Å². The van der Waals surface area contributed by atoms with E-state index in [-0.39, 0.29) is 12.2 Å². The van der Waals surface area contributed by atoms with Crippen LogP contribution in [0.3, 0.4) is 0 Å². The highest BCUT2D eigenvalue weighted by Gasteiger charge is 2.33. The largest absolute Gasteiger partial charge is 0.372 e. The first-order valence-corrected chi connectivity index (χ1v) is 13.8. The number of nitrogens with zero attached hydrogens (tertiary/aromatic N) is 1. The quantitative estimate of drug-likeness (QED) is 0.570. The predicted molar refractivity (Wildman–Crippen MR) is 131 cm³/mol. The van der Waals surface area contributed by atoms with Gasteiger partial charge in [0.2, 0.25) is 0 Å². The molecule has 0 aromatic heterocycles. The summed E-state index contributed by atoms with van der Waals surface area (Å²) in [7, 11) is -3.01. The minimum absolute atomic E-state index is 0.275. The molecule has 5 heteroatoms. The van der Waals surface area contributed by atoms with Crippen LogP contribution in [-0.2, 0) is 21.0 Å². The lowest BCUT2D eigenvalue weighted by molar-refractivity contribution is -0.00522. The standard InChI is InChI=1S/C26H43NO3S/c1-19-15-25(27-16-20(2)30-21(3)17-27)14-13-24(19)12-11-22-7-9-23(10-8-22)18-31(28,29)26(4,5)6/h13-15,20-23H,7-12,16-18H2,1-6H3/t20-,21+,22?,23?. The maximum atomic E-state index is 12.5. The molecule has 0 bridgehead atoms. The number of rotatable bonds is 6. The summed E-state index contributed by atoms with van der Waals surface area (Å²) in [4.78, 5) is 2.45. The van der Waals surface area contributed by atoms with Gasteiger partial charge in [0.1, 0.15) is 0 Å².